The Morgan fingerprint density at radius 2 is 2.08 bits per heavy atom. The van der Waals surface area contributed by atoms with E-state index in [9.17, 15) is 9.59 Å². The molecule has 7 nitrogen and oxygen atoms in total. The number of likely N-dealkylation sites (N-methyl/N-ethyl adjacent to an activating group) is 1. The summed E-state index contributed by atoms with van der Waals surface area (Å²) in [6.07, 6.45) is 1.19. The van der Waals surface area contributed by atoms with Gasteiger partial charge >= 0.3 is 6.09 Å². The highest BCUT2D eigenvalue weighted by Gasteiger charge is 2.46. The third kappa shape index (κ3) is 3.62. The minimum absolute atomic E-state index is 0.0317. The first-order valence-electron chi connectivity index (χ1n) is 9.03. The van der Waals surface area contributed by atoms with E-state index in [0.717, 1.165) is 37.2 Å². The molecule has 3 rings (SSSR count). The van der Waals surface area contributed by atoms with Gasteiger partial charge in [-0.15, -0.1) is 0 Å². The first kappa shape index (κ1) is 18.5. The number of carbonyl (C=O) groups is 2. The quantitative estimate of drug-likeness (QED) is 0.866. The number of nitrogens with one attached hydrogen (secondary N) is 1. The first-order chi connectivity index (χ1) is 12.5. The van der Waals surface area contributed by atoms with E-state index in [-0.39, 0.29) is 18.5 Å². The van der Waals surface area contributed by atoms with Crippen molar-refractivity contribution in [2.24, 2.45) is 0 Å². The van der Waals surface area contributed by atoms with Crippen LogP contribution in [0, 0.1) is 0 Å². The molecule has 0 saturated carbocycles. The summed E-state index contributed by atoms with van der Waals surface area (Å²) in [5.41, 5.74) is 0.500. The molecule has 2 aliphatic rings. The number of rotatable bonds is 5. The number of nitrogens with zero attached hydrogens (tertiary/aromatic N) is 2. The molecule has 26 heavy (non-hydrogen) atoms. The van der Waals surface area contributed by atoms with Crippen molar-refractivity contribution in [2.75, 3.05) is 40.3 Å². The molecule has 2 amide bonds. The van der Waals surface area contributed by atoms with Crippen LogP contribution in [0.25, 0.3) is 0 Å². The summed E-state index contributed by atoms with van der Waals surface area (Å²) in [5, 5.41) is 3.27. The van der Waals surface area contributed by atoms with Gasteiger partial charge in [-0.2, -0.15) is 0 Å². The van der Waals surface area contributed by atoms with E-state index < -0.39 is 11.7 Å². The fourth-order valence-electron chi connectivity index (χ4n) is 3.67. The summed E-state index contributed by atoms with van der Waals surface area (Å²) < 4.78 is 11.0. The lowest BCUT2D eigenvalue weighted by Gasteiger charge is -2.31. The summed E-state index contributed by atoms with van der Waals surface area (Å²) in [7, 11) is 3.37. The zero-order valence-electron chi connectivity index (χ0n) is 15.7. The van der Waals surface area contributed by atoms with Gasteiger partial charge in [0.25, 0.3) is 0 Å². The Morgan fingerprint density at radius 3 is 2.77 bits per heavy atom. The molecule has 0 bridgehead atoms. The van der Waals surface area contributed by atoms with Crippen LogP contribution in [-0.2, 0) is 9.53 Å². The van der Waals surface area contributed by atoms with Gasteiger partial charge in [-0.25, -0.2) is 4.79 Å². The van der Waals surface area contributed by atoms with Crippen LogP contribution in [0.15, 0.2) is 24.3 Å². The lowest BCUT2D eigenvalue weighted by Crippen LogP contribution is -2.46. The molecule has 0 unspecified atom stereocenters. The summed E-state index contributed by atoms with van der Waals surface area (Å²) in [5.74, 6) is 0.625. The average Bonchev–Trinajstić information content (AvgIpc) is 2.95. The Morgan fingerprint density at radius 1 is 1.38 bits per heavy atom. The van der Waals surface area contributed by atoms with Crippen LogP contribution in [0.3, 0.4) is 0 Å². The number of methoxy groups -OCH3 is 1. The van der Waals surface area contributed by atoms with Crippen LogP contribution in [-0.4, -0.2) is 67.7 Å². The van der Waals surface area contributed by atoms with E-state index >= 15 is 0 Å². The van der Waals surface area contributed by atoms with Gasteiger partial charge in [0.05, 0.1) is 19.7 Å². The van der Waals surface area contributed by atoms with E-state index in [1.54, 1.807) is 19.1 Å². The van der Waals surface area contributed by atoms with E-state index in [4.69, 9.17) is 9.47 Å². The van der Waals surface area contributed by atoms with Crippen molar-refractivity contribution in [3.05, 3.63) is 29.8 Å². The Labute approximate surface area is 154 Å². The monoisotopic (exact) mass is 361 g/mol. The number of benzene rings is 1. The van der Waals surface area contributed by atoms with E-state index in [1.807, 2.05) is 31.2 Å². The maximum Gasteiger partial charge on any atom is 0.410 e. The van der Waals surface area contributed by atoms with Gasteiger partial charge in [-0.3, -0.25) is 9.69 Å². The summed E-state index contributed by atoms with van der Waals surface area (Å²) in [4.78, 5) is 28.2. The van der Waals surface area contributed by atoms with Crippen LogP contribution < -0.4 is 10.1 Å². The molecule has 0 aliphatic carbocycles. The van der Waals surface area contributed by atoms with Crippen LogP contribution >= 0.6 is 0 Å². The molecule has 1 aromatic rings. The van der Waals surface area contributed by atoms with Gasteiger partial charge in [-0.05, 0) is 26.1 Å². The Bertz CT molecular complexity index is 673. The highest BCUT2D eigenvalue weighted by molar-refractivity contribution is 5.83. The summed E-state index contributed by atoms with van der Waals surface area (Å²) in [6.45, 7) is 4.13. The van der Waals surface area contributed by atoms with Crippen molar-refractivity contribution in [1.82, 2.24) is 15.1 Å². The highest BCUT2D eigenvalue weighted by atomic mass is 16.6. The molecule has 7 heteroatoms. The topological polar surface area (TPSA) is 71.1 Å². The lowest BCUT2D eigenvalue weighted by molar-refractivity contribution is -0.132. The van der Waals surface area contributed by atoms with Crippen molar-refractivity contribution >= 4 is 12.0 Å². The Hall–Kier alpha value is -2.28. The molecular formula is C19H27N3O4. The Kier molecular flexibility index (Phi) is 5.36. The van der Waals surface area contributed by atoms with Crippen molar-refractivity contribution in [3.8, 4) is 5.75 Å². The molecular weight excluding hydrogens is 334 g/mol. The number of amides is 2. The molecule has 1 spiro atoms. The van der Waals surface area contributed by atoms with Gasteiger partial charge < -0.3 is 19.7 Å². The van der Waals surface area contributed by atoms with E-state index in [2.05, 4.69) is 5.32 Å². The van der Waals surface area contributed by atoms with Crippen LogP contribution in [0.1, 0.15) is 31.4 Å². The molecule has 2 fully saturated rings. The van der Waals surface area contributed by atoms with Gasteiger partial charge in [0, 0.05) is 25.5 Å². The number of ether oxygens (including phenoxy) is 2. The molecule has 2 saturated heterocycles. The second-order valence-electron chi connectivity index (χ2n) is 7.08. The number of hydrogen-bond acceptors (Lipinski definition) is 5. The first-order valence-corrected chi connectivity index (χ1v) is 9.03. The fourth-order valence-corrected chi connectivity index (χ4v) is 3.67. The largest absolute Gasteiger partial charge is 0.496 e. The zero-order valence-corrected chi connectivity index (χ0v) is 15.7. The molecule has 1 N–H and O–H groups in total. The average molecular weight is 361 g/mol. The van der Waals surface area contributed by atoms with Crippen molar-refractivity contribution < 1.29 is 19.1 Å². The van der Waals surface area contributed by atoms with Crippen LogP contribution in [0.5, 0.6) is 5.75 Å². The van der Waals surface area contributed by atoms with Crippen LogP contribution in [0.2, 0.25) is 0 Å². The second-order valence-corrected chi connectivity index (χ2v) is 7.08. The van der Waals surface area contributed by atoms with E-state index in [0.29, 0.717) is 6.54 Å². The smallest absolute Gasteiger partial charge is 0.410 e. The van der Waals surface area contributed by atoms with E-state index in [1.165, 1.54) is 4.90 Å². The fraction of sp³-hybridized carbons (Fsp3) is 0.579. The minimum atomic E-state index is -0.435. The molecule has 2 heterocycles. The molecule has 142 valence electrons. The predicted octanol–water partition coefficient (Wildman–Crippen LogP) is 1.79. The summed E-state index contributed by atoms with van der Waals surface area (Å²) in [6, 6.07) is 7.48. The maximum atomic E-state index is 12.8. The molecule has 1 aromatic carbocycles. The predicted molar refractivity (Wildman–Crippen MR) is 97.1 cm³/mol. The van der Waals surface area contributed by atoms with Crippen LogP contribution in [0.4, 0.5) is 4.79 Å². The molecule has 0 aromatic heterocycles. The standard InChI is InChI=1S/C19H27N3O4/c1-14(15-6-4-5-7-16(15)25-3)21(2)17(23)12-22-13-19(26-18(22)24)8-10-20-11-9-19/h4-7,14,20H,8-13H2,1-3H3/t14-/m1/s1. The number of para-hydroxylation sites is 1. The third-order valence-electron chi connectivity index (χ3n) is 5.45. The highest BCUT2D eigenvalue weighted by Crippen LogP contribution is 2.32. The van der Waals surface area contributed by atoms with Crippen molar-refractivity contribution in [2.45, 2.75) is 31.4 Å². The number of carbonyl (C=O) groups excluding carboxylic acids is 2. The van der Waals surface area contributed by atoms with Gasteiger partial charge in [0.15, 0.2) is 0 Å². The van der Waals surface area contributed by atoms with Crippen molar-refractivity contribution in [3.63, 3.8) is 0 Å². The summed E-state index contributed by atoms with van der Waals surface area (Å²) >= 11 is 0. The van der Waals surface area contributed by atoms with Crippen molar-refractivity contribution in [1.29, 1.82) is 0 Å². The third-order valence-corrected chi connectivity index (χ3v) is 5.45. The SMILES string of the molecule is COc1ccccc1[C@@H](C)N(C)C(=O)CN1CC2(CCNCC2)OC1=O. The van der Waals surface area contributed by atoms with Gasteiger partial charge in [0.2, 0.25) is 5.91 Å². The Balaban J connectivity index is 1.65. The molecule has 2 aliphatic heterocycles. The zero-order chi connectivity index (χ0) is 18.7. The second kappa shape index (κ2) is 7.53. The molecule has 1 atom stereocenters. The normalized spacial score (nSPS) is 20.0. The molecule has 0 radical (unpaired) electrons. The number of piperidine rings is 1. The lowest BCUT2D eigenvalue weighted by atomic mass is 9.92. The number of hydrogen-bond donors (Lipinski definition) is 1. The van der Waals surface area contributed by atoms with Gasteiger partial charge in [0.1, 0.15) is 17.9 Å². The van der Waals surface area contributed by atoms with Gasteiger partial charge in [-0.1, -0.05) is 18.2 Å². The minimum Gasteiger partial charge on any atom is -0.496 e. The maximum absolute atomic E-state index is 12.8.